The Labute approximate surface area is 73.8 Å². The molecule has 0 radical (unpaired) electrons. The number of hydrazine groups is 1. The smallest absolute Gasteiger partial charge is 0.186 e. The molecule has 0 amide bonds. The maximum absolute atomic E-state index is 9.22. The Kier molecular flexibility index (Phi) is 2.07. The van der Waals surface area contributed by atoms with Gasteiger partial charge < -0.3 is 25.9 Å². The summed E-state index contributed by atoms with van der Waals surface area (Å²) in [6, 6.07) is 0. The first-order valence-electron chi connectivity index (χ1n) is 3.43. The molecule has 0 aliphatic rings. The molecule has 1 rings (SSSR count). The molecule has 0 atom stereocenters. The van der Waals surface area contributed by atoms with Crippen molar-refractivity contribution in [3.63, 3.8) is 0 Å². The lowest BCUT2D eigenvalue weighted by molar-refractivity contribution is 0.371. The lowest BCUT2D eigenvalue weighted by Gasteiger charge is -2.11. The maximum atomic E-state index is 9.22. The number of phenols is 4. The van der Waals surface area contributed by atoms with Crippen molar-refractivity contribution in [3.8, 4) is 23.0 Å². The third-order valence-corrected chi connectivity index (χ3v) is 1.78. The third-order valence-electron chi connectivity index (χ3n) is 1.78. The van der Waals surface area contributed by atoms with Crippen LogP contribution in [0.3, 0.4) is 0 Å². The highest BCUT2D eigenvalue weighted by Gasteiger charge is 2.19. The van der Waals surface area contributed by atoms with Crippen LogP contribution in [-0.2, 0) is 0 Å². The Morgan fingerprint density at radius 2 is 1.31 bits per heavy atom. The summed E-state index contributed by atoms with van der Waals surface area (Å²) in [5, 5.41) is 36.9. The van der Waals surface area contributed by atoms with Crippen molar-refractivity contribution < 1.29 is 20.4 Å². The Bertz CT molecular complexity index is 322. The van der Waals surface area contributed by atoms with E-state index in [1.165, 1.54) is 6.92 Å². The van der Waals surface area contributed by atoms with E-state index in [0.29, 0.717) is 0 Å². The van der Waals surface area contributed by atoms with Gasteiger partial charge >= 0.3 is 0 Å². The maximum Gasteiger partial charge on any atom is 0.186 e. The monoisotopic (exact) mass is 186 g/mol. The minimum atomic E-state index is -0.602. The predicted molar refractivity (Wildman–Crippen MR) is 45.6 cm³/mol. The van der Waals surface area contributed by atoms with Gasteiger partial charge in [0, 0.05) is 5.56 Å². The van der Waals surface area contributed by atoms with Crippen molar-refractivity contribution in [3.05, 3.63) is 5.56 Å². The molecule has 0 bridgehead atoms. The Balaban J connectivity index is 3.56. The summed E-state index contributed by atoms with van der Waals surface area (Å²) in [6.07, 6.45) is 0. The molecule has 1 aromatic carbocycles. The molecule has 0 heterocycles. The summed E-state index contributed by atoms with van der Waals surface area (Å²) in [6.45, 7) is 1.34. The van der Waals surface area contributed by atoms with Gasteiger partial charge in [0.15, 0.2) is 23.0 Å². The van der Waals surface area contributed by atoms with Gasteiger partial charge in [0.05, 0.1) is 0 Å². The number of phenolic OH excluding ortho intramolecular Hbond substituents is 4. The summed E-state index contributed by atoms with van der Waals surface area (Å²) in [7, 11) is 0. The number of hydrogen-bond acceptors (Lipinski definition) is 6. The summed E-state index contributed by atoms with van der Waals surface area (Å²) in [4.78, 5) is 0. The van der Waals surface area contributed by atoms with E-state index < -0.39 is 23.0 Å². The summed E-state index contributed by atoms with van der Waals surface area (Å²) in [5.74, 6) is 2.69. The fourth-order valence-corrected chi connectivity index (χ4v) is 0.953. The average Bonchev–Trinajstić information content (AvgIpc) is 2.13. The number of benzene rings is 1. The lowest BCUT2D eigenvalue weighted by Crippen LogP contribution is -2.07. The summed E-state index contributed by atoms with van der Waals surface area (Å²) < 4.78 is 0. The summed E-state index contributed by atoms with van der Waals surface area (Å²) in [5.41, 5.74) is 1.61. The zero-order chi connectivity index (χ0) is 10.2. The molecule has 0 saturated carbocycles. The summed E-state index contributed by atoms with van der Waals surface area (Å²) >= 11 is 0. The highest BCUT2D eigenvalue weighted by molar-refractivity contribution is 5.76. The van der Waals surface area contributed by atoms with Crippen LogP contribution in [0.25, 0.3) is 0 Å². The first-order valence-corrected chi connectivity index (χ1v) is 3.43. The van der Waals surface area contributed by atoms with Crippen molar-refractivity contribution >= 4 is 5.69 Å². The topological polar surface area (TPSA) is 119 Å². The van der Waals surface area contributed by atoms with Crippen LogP contribution in [0.15, 0.2) is 0 Å². The first-order chi connectivity index (χ1) is 6.00. The average molecular weight is 186 g/mol. The van der Waals surface area contributed by atoms with E-state index in [1.807, 2.05) is 5.43 Å². The molecule has 7 N–H and O–H groups in total. The molecule has 0 aliphatic carbocycles. The van der Waals surface area contributed by atoms with Crippen LogP contribution in [0.2, 0.25) is 0 Å². The van der Waals surface area contributed by atoms with Gasteiger partial charge in [0.1, 0.15) is 5.69 Å². The SMILES string of the molecule is Cc1c(O)c(O)c(NN)c(O)c1O. The van der Waals surface area contributed by atoms with Gasteiger partial charge in [-0.25, -0.2) is 0 Å². The van der Waals surface area contributed by atoms with Crippen molar-refractivity contribution in [2.45, 2.75) is 6.92 Å². The number of rotatable bonds is 1. The molecule has 6 heteroatoms. The normalized spacial score (nSPS) is 10.0. The Morgan fingerprint density at radius 3 is 1.62 bits per heavy atom. The Hall–Kier alpha value is -1.82. The molecular formula is C7H10N2O4. The highest BCUT2D eigenvalue weighted by atomic mass is 16.3. The molecule has 0 aliphatic heterocycles. The second-order valence-electron chi connectivity index (χ2n) is 2.54. The highest BCUT2D eigenvalue weighted by Crippen LogP contribution is 2.48. The van der Waals surface area contributed by atoms with E-state index in [2.05, 4.69) is 0 Å². The molecular weight excluding hydrogens is 176 g/mol. The molecule has 0 spiro atoms. The standard InChI is InChI=1S/C7H10N2O4/c1-2-4(10)6(12)3(9-8)7(13)5(2)11/h9-13H,8H2,1H3. The molecule has 72 valence electrons. The molecule has 0 fully saturated rings. The van der Waals surface area contributed by atoms with Crippen LogP contribution >= 0.6 is 0 Å². The number of anilines is 1. The third kappa shape index (κ3) is 1.17. The van der Waals surface area contributed by atoms with Crippen molar-refractivity contribution in [1.82, 2.24) is 0 Å². The zero-order valence-corrected chi connectivity index (χ0v) is 6.87. The minimum Gasteiger partial charge on any atom is -0.504 e. The van der Waals surface area contributed by atoms with Crippen LogP contribution in [0, 0.1) is 6.92 Å². The van der Waals surface area contributed by atoms with Gasteiger partial charge in [-0.2, -0.15) is 0 Å². The molecule has 6 nitrogen and oxygen atoms in total. The molecule has 0 aromatic heterocycles. The van der Waals surface area contributed by atoms with Gasteiger partial charge in [-0.1, -0.05) is 0 Å². The number of nitrogen functional groups attached to an aromatic ring is 1. The van der Waals surface area contributed by atoms with Crippen LogP contribution in [0.1, 0.15) is 5.56 Å². The van der Waals surface area contributed by atoms with Crippen molar-refractivity contribution in [1.29, 1.82) is 0 Å². The van der Waals surface area contributed by atoms with Crippen molar-refractivity contribution in [2.24, 2.45) is 5.84 Å². The number of hydrogen-bond donors (Lipinski definition) is 6. The van der Waals surface area contributed by atoms with Gasteiger partial charge in [-0.05, 0) is 6.92 Å². The molecule has 1 aromatic rings. The van der Waals surface area contributed by atoms with E-state index >= 15 is 0 Å². The van der Waals surface area contributed by atoms with Crippen LogP contribution in [0.5, 0.6) is 23.0 Å². The van der Waals surface area contributed by atoms with Gasteiger partial charge in [-0.15, -0.1) is 0 Å². The van der Waals surface area contributed by atoms with E-state index in [4.69, 9.17) is 5.84 Å². The van der Waals surface area contributed by atoms with Crippen LogP contribution in [-0.4, -0.2) is 20.4 Å². The largest absolute Gasteiger partial charge is 0.504 e. The number of aromatic hydroxyl groups is 4. The van der Waals surface area contributed by atoms with E-state index in [0.717, 1.165) is 0 Å². The van der Waals surface area contributed by atoms with Crippen molar-refractivity contribution in [2.75, 3.05) is 5.43 Å². The number of nitrogens with two attached hydrogens (primary N) is 1. The Morgan fingerprint density at radius 1 is 0.923 bits per heavy atom. The fraction of sp³-hybridized carbons (Fsp3) is 0.143. The van der Waals surface area contributed by atoms with Gasteiger partial charge in [-0.3, -0.25) is 5.84 Å². The molecule has 0 unspecified atom stereocenters. The molecule has 0 saturated heterocycles. The quantitative estimate of drug-likeness (QED) is 0.160. The van der Waals surface area contributed by atoms with Crippen LogP contribution in [0.4, 0.5) is 5.69 Å². The second kappa shape index (κ2) is 2.91. The number of nitrogens with one attached hydrogen (secondary N) is 1. The first kappa shape index (κ1) is 9.27. The van der Waals surface area contributed by atoms with Crippen LogP contribution < -0.4 is 11.3 Å². The van der Waals surface area contributed by atoms with E-state index in [1.54, 1.807) is 0 Å². The van der Waals surface area contributed by atoms with E-state index in [-0.39, 0.29) is 11.3 Å². The zero-order valence-electron chi connectivity index (χ0n) is 6.87. The van der Waals surface area contributed by atoms with Gasteiger partial charge in [0.2, 0.25) is 0 Å². The fourth-order valence-electron chi connectivity index (χ4n) is 0.953. The van der Waals surface area contributed by atoms with Gasteiger partial charge in [0.25, 0.3) is 0 Å². The minimum absolute atomic E-state index is 0.0194. The second-order valence-corrected chi connectivity index (χ2v) is 2.54. The van der Waals surface area contributed by atoms with E-state index in [9.17, 15) is 20.4 Å². The predicted octanol–water partition coefficient (Wildman–Crippen LogP) is 0.103. The lowest BCUT2D eigenvalue weighted by atomic mass is 10.1. The molecule has 13 heavy (non-hydrogen) atoms.